The molecule has 7 heteroatoms. The minimum atomic E-state index is -0.319. The normalized spacial score (nSPS) is 20.0. The van der Waals surface area contributed by atoms with E-state index in [1.807, 2.05) is 0 Å². The molecule has 0 aromatic heterocycles. The summed E-state index contributed by atoms with van der Waals surface area (Å²) in [6.45, 7) is 8.57. The molecule has 26 heavy (non-hydrogen) atoms. The summed E-state index contributed by atoms with van der Waals surface area (Å²) in [5, 5.41) is 5.88. The van der Waals surface area contributed by atoms with Gasteiger partial charge in [-0.15, -0.1) is 0 Å². The second-order valence-electron chi connectivity index (χ2n) is 6.99. The first-order chi connectivity index (χ1) is 12.5. The van der Waals surface area contributed by atoms with E-state index in [2.05, 4.69) is 24.5 Å². The van der Waals surface area contributed by atoms with Crippen molar-refractivity contribution in [3.8, 4) is 0 Å². The summed E-state index contributed by atoms with van der Waals surface area (Å²) in [7, 11) is 0. The van der Waals surface area contributed by atoms with Crippen molar-refractivity contribution in [3.05, 3.63) is 30.1 Å². The van der Waals surface area contributed by atoms with Gasteiger partial charge in [0.15, 0.2) is 13.1 Å². The fourth-order valence-electron chi connectivity index (χ4n) is 3.27. The number of nitrogens with one attached hydrogen (secondary N) is 4. The van der Waals surface area contributed by atoms with Crippen LogP contribution in [0.15, 0.2) is 24.3 Å². The molecule has 1 aromatic rings. The number of rotatable bonds is 8. The Morgan fingerprint density at radius 2 is 1.46 bits per heavy atom. The Labute approximate surface area is 154 Å². The Kier molecular flexibility index (Phi) is 8.00. The molecule has 0 radical (unpaired) electrons. The number of benzene rings is 1. The van der Waals surface area contributed by atoms with E-state index in [1.165, 1.54) is 21.9 Å². The number of quaternary nitrogens is 2. The zero-order chi connectivity index (χ0) is 18.9. The number of hydrogen-bond donors (Lipinski definition) is 4. The van der Waals surface area contributed by atoms with Crippen LogP contribution in [-0.4, -0.2) is 57.1 Å². The van der Waals surface area contributed by atoms with E-state index in [1.54, 1.807) is 12.1 Å². The molecule has 1 aliphatic rings. The second-order valence-corrected chi connectivity index (χ2v) is 6.99. The van der Waals surface area contributed by atoms with Crippen molar-refractivity contribution < 1.29 is 23.8 Å². The van der Waals surface area contributed by atoms with Crippen molar-refractivity contribution in [2.75, 3.05) is 44.6 Å². The molecule has 144 valence electrons. The van der Waals surface area contributed by atoms with Gasteiger partial charge < -0.3 is 20.4 Å². The maximum absolute atomic E-state index is 12.9. The third kappa shape index (κ3) is 6.72. The van der Waals surface area contributed by atoms with Crippen molar-refractivity contribution in [2.45, 2.75) is 32.7 Å². The molecule has 4 N–H and O–H groups in total. The van der Waals surface area contributed by atoms with Crippen LogP contribution >= 0.6 is 0 Å². The van der Waals surface area contributed by atoms with Gasteiger partial charge in [-0.3, -0.25) is 9.59 Å². The van der Waals surface area contributed by atoms with Gasteiger partial charge >= 0.3 is 0 Å². The summed E-state index contributed by atoms with van der Waals surface area (Å²) in [5.41, 5.74) is 0.609. The van der Waals surface area contributed by atoms with Crippen LogP contribution in [0.3, 0.4) is 0 Å². The average Bonchev–Trinajstić information content (AvgIpc) is 2.63. The predicted octanol–water partition coefficient (Wildman–Crippen LogP) is -1.15. The molecule has 0 aliphatic carbocycles. The molecule has 1 aromatic carbocycles. The van der Waals surface area contributed by atoms with Crippen molar-refractivity contribution >= 4 is 17.5 Å². The van der Waals surface area contributed by atoms with Crippen LogP contribution < -0.4 is 20.4 Å². The molecule has 1 saturated heterocycles. The van der Waals surface area contributed by atoms with Crippen molar-refractivity contribution in [1.82, 2.24) is 5.32 Å². The van der Waals surface area contributed by atoms with Gasteiger partial charge in [0.05, 0.1) is 0 Å². The lowest BCUT2D eigenvalue weighted by Gasteiger charge is -2.29. The molecule has 2 amide bonds. The molecule has 1 aliphatic heterocycles. The van der Waals surface area contributed by atoms with Gasteiger partial charge in [-0.2, -0.15) is 0 Å². The molecule has 0 saturated carbocycles. The van der Waals surface area contributed by atoms with Gasteiger partial charge in [0.2, 0.25) is 0 Å². The van der Waals surface area contributed by atoms with E-state index in [0.29, 0.717) is 18.8 Å². The average molecular weight is 366 g/mol. The molecule has 0 unspecified atom stereocenters. The molecule has 1 heterocycles. The van der Waals surface area contributed by atoms with Crippen molar-refractivity contribution in [2.24, 2.45) is 0 Å². The number of halogens is 1. The number of hydrogen-bond acceptors (Lipinski definition) is 2. The molecular weight excluding hydrogens is 335 g/mol. The molecular formula is C19H31FN4O2+2. The minimum Gasteiger partial charge on any atom is -0.349 e. The molecule has 1 fully saturated rings. The molecule has 6 nitrogen and oxygen atoms in total. The number of anilines is 1. The highest BCUT2D eigenvalue weighted by atomic mass is 19.1. The van der Waals surface area contributed by atoms with E-state index in [0.717, 1.165) is 39.0 Å². The monoisotopic (exact) mass is 366 g/mol. The first-order valence-corrected chi connectivity index (χ1v) is 9.52. The van der Waals surface area contributed by atoms with E-state index >= 15 is 0 Å². The summed E-state index contributed by atoms with van der Waals surface area (Å²) in [4.78, 5) is 26.7. The highest BCUT2D eigenvalue weighted by Crippen LogP contribution is 2.07. The lowest BCUT2D eigenvalue weighted by molar-refractivity contribution is -1.00. The van der Waals surface area contributed by atoms with Crippen LogP contribution in [0.1, 0.15) is 26.7 Å². The van der Waals surface area contributed by atoms with Crippen LogP contribution in [-0.2, 0) is 9.59 Å². The van der Waals surface area contributed by atoms with E-state index in [4.69, 9.17) is 0 Å². The van der Waals surface area contributed by atoms with E-state index in [-0.39, 0.29) is 23.7 Å². The van der Waals surface area contributed by atoms with Crippen LogP contribution in [0.5, 0.6) is 0 Å². The zero-order valence-corrected chi connectivity index (χ0v) is 15.7. The van der Waals surface area contributed by atoms with Gasteiger partial charge in [-0.1, -0.05) is 13.8 Å². The van der Waals surface area contributed by atoms with Crippen LogP contribution in [0.2, 0.25) is 0 Å². The molecule has 2 rings (SSSR count). The lowest BCUT2D eigenvalue weighted by atomic mass is 10.2. The highest BCUT2D eigenvalue weighted by molar-refractivity contribution is 5.91. The fourth-order valence-corrected chi connectivity index (χ4v) is 3.27. The standard InChI is InChI=1S/C19H29FN4O2/c1-3-16(4-2)21-18(25)13-23-9-11-24(12-10-23)14-19(26)22-17-7-5-15(20)6-8-17/h5-8,16H,3-4,9-14H2,1-2H3,(H,21,25)(H,22,26)/p+2. The van der Waals surface area contributed by atoms with Gasteiger partial charge in [-0.25, -0.2) is 4.39 Å². The highest BCUT2D eigenvalue weighted by Gasteiger charge is 2.26. The summed E-state index contributed by atoms with van der Waals surface area (Å²) in [5.74, 6) is -0.270. The third-order valence-corrected chi connectivity index (χ3v) is 4.96. The van der Waals surface area contributed by atoms with Gasteiger partial charge in [-0.05, 0) is 37.1 Å². The maximum atomic E-state index is 12.9. The van der Waals surface area contributed by atoms with Gasteiger partial charge in [0.1, 0.15) is 32.0 Å². The topological polar surface area (TPSA) is 67.1 Å². The number of amides is 2. The molecule has 0 bridgehead atoms. The molecule has 0 atom stereocenters. The predicted molar refractivity (Wildman–Crippen MR) is 98.7 cm³/mol. The zero-order valence-electron chi connectivity index (χ0n) is 15.7. The first-order valence-electron chi connectivity index (χ1n) is 9.52. The number of piperazine rings is 1. The van der Waals surface area contributed by atoms with Gasteiger partial charge in [0, 0.05) is 11.7 Å². The largest absolute Gasteiger partial charge is 0.349 e. The quantitative estimate of drug-likeness (QED) is 0.470. The Morgan fingerprint density at radius 1 is 0.962 bits per heavy atom. The molecule has 0 spiro atoms. The Morgan fingerprint density at radius 3 is 1.96 bits per heavy atom. The maximum Gasteiger partial charge on any atom is 0.279 e. The van der Waals surface area contributed by atoms with Crippen molar-refractivity contribution in [1.29, 1.82) is 0 Å². The van der Waals surface area contributed by atoms with Crippen LogP contribution in [0.25, 0.3) is 0 Å². The first kappa shape index (κ1) is 20.3. The summed E-state index contributed by atoms with van der Waals surface area (Å²) < 4.78 is 12.9. The summed E-state index contributed by atoms with van der Waals surface area (Å²) in [6, 6.07) is 6.05. The minimum absolute atomic E-state index is 0.0680. The Bertz CT molecular complexity index is 582. The summed E-state index contributed by atoms with van der Waals surface area (Å²) >= 11 is 0. The Hall–Kier alpha value is -1.99. The van der Waals surface area contributed by atoms with Crippen molar-refractivity contribution in [3.63, 3.8) is 0 Å². The van der Waals surface area contributed by atoms with E-state index < -0.39 is 0 Å². The second kappa shape index (κ2) is 10.2. The summed E-state index contributed by atoms with van der Waals surface area (Å²) in [6.07, 6.45) is 1.91. The van der Waals surface area contributed by atoms with Gasteiger partial charge in [0.25, 0.3) is 11.8 Å². The fraction of sp³-hybridized carbons (Fsp3) is 0.579. The van der Waals surface area contributed by atoms with E-state index in [9.17, 15) is 14.0 Å². The number of carbonyl (C=O) groups is 2. The smallest absolute Gasteiger partial charge is 0.279 e. The number of carbonyl (C=O) groups excluding carboxylic acids is 2. The Balaban J connectivity index is 1.68. The van der Waals surface area contributed by atoms with Crippen LogP contribution in [0.4, 0.5) is 10.1 Å². The lowest BCUT2D eigenvalue weighted by Crippen LogP contribution is -3.28. The third-order valence-electron chi connectivity index (χ3n) is 4.96. The van der Waals surface area contributed by atoms with Crippen LogP contribution in [0, 0.1) is 5.82 Å². The SMILES string of the molecule is CCC(CC)NC(=O)C[NH+]1CC[NH+](CC(=O)Nc2ccc(F)cc2)CC1.